The van der Waals surface area contributed by atoms with Crippen LogP contribution in [0.4, 0.5) is 13.2 Å². The van der Waals surface area contributed by atoms with Crippen molar-refractivity contribution in [1.29, 1.82) is 0 Å². The maximum Gasteiger partial charge on any atom is 0.573 e. The molecule has 1 saturated heterocycles. The predicted molar refractivity (Wildman–Crippen MR) is 76.5 cm³/mol. The van der Waals surface area contributed by atoms with Crippen molar-refractivity contribution in [3.8, 4) is 5.75 Å². The van der Waals surface area contributed by atoms with E-state index >= 15 is 0 Å². The quantitative estimate of drug-likeness (QED) is 0.759. The minimum Gasteiger partial charge on any atom is -0.406 e. The van der Waals surface area contributed by atoms with Gasteiger partial charge in [-0.25, -0.2) is 0 Å². The zero-order chi connectivity index (χ0) is 15.5. The monoisotopic (exact) mass is 367 g/mol. The van der Waals surface area contributed by atoms with Crippen LogP contribution in [0.3, 0.4) is 0 Å². The van der Waals surface area contributed by atoms with Gasteiger partial charge < -0.3 is 9.47 Å². The Morgan fingerprint density at radius 3 is 2.57 bits per heavy atom. The number of morpholine rings is 1. The lowest BCUT2D eigenvalue weighted by molar-refractivity contribution is -0.274. The molecule has 1 fully saturated rings. The Labute approximate surface area is 130 Å². The highest BCUT2D eigenvalue weighted by molar-refractivity contribution is 9.09. The first kappa shape index (κ1) is 16.6. The summed E-state index contributed by atoms with van der Waals surface area (Å²) in [6.07, 6.45) is -4.50. The van der Waals surface area contributed by atoms with Gasteiger partial charge in [-0.3, -0.25) is 4.90 Å². The first-order valence-electron chi connectivity index (χ1n) is 6.63. The number of rotatable bonds is 4. The van der Waals surface area contributed by atoms with Gasteiger partial charge in [-0.15, -0.1) is 13.2 Å². The fourth-order valence-electron chi connectivity index (χ4n) is 2.22. The molecule has 0 N–H and O–H groups in total. The van der Waals surface area contributed by atoms with Crippen LogP contribution in [-0.2, 0) is 11.3 Å². The lowest BCUT2D eigenvalue weighted by Crippen LogP contribution is -2.48. The van der Waals surface area contributed by atoms with Crippen molar-refractivity contribution in [2.45, 2.75) is 32.0 Å². The third kappa shape index (κ3) is 5.16. The molecule has 7 heteroatoms. The van der Waals surface area contributed by atoms with Crippen molar-refractivity contribution in [2.75, 3.05) is 18.5 Å². The van der Waals surface area contributed by atoms with Gasteiger partial charge in [0.15, 0.2) is 0 Å². The second kappa shape index (κ2) is 6.98. The summed E-state index contributed by atoms with van der Waals surface area (Å²) in [5.74, 6) is -0.195. The lowest BCUT2D eigenvalue weighted by Gasteiger charge is -2.37. The van der Waals surface area contributed by atoms with Crippen LogP contribution in [0.1, 0.15) is 12.5 Å². The molecule has 1 heterocycles. The summed E-state index contributed by atoms with van der Waals surface area (Å²) in [6, 6.07) is 6.29. The first-order valence-corrected chi connectivity index (χ1v) is 7.76. The number of alkyl halides is 4. The van der Waals surface area contributed by atoms with Gasteiger partial charge in [0.25, 0.3) is 0 Å². The van der Waals surface area contributed by atoms with Crippen LogP contribution in [0, 0.1) is 0 Å². The topological polar surface area (TPSA) is 21.7 Å². The summed E-state index contributed by atoms with van der Waals surface area (Å²) in [5.41, 5.74) is 0.951. The normalized spacial score (nSPS) is 24.0. The molecule has 0 amide bonds. The minimum atomic E-state index is -4.65. The SMILES string of the molecule is CC1COC(CBr)CN1Cc1ccc(OC(F)(F)F)cc1. The largest absolute Gasteiger partial charge is 0.573 e. The summed E-state index contributed by atoms with van der Waals surface area (Å²) in [6.45, 7) is 4.21. The third-order valence-corrected chi connectivity index (χ3v) is 4.07. The van der Waals surface area contributed by atoms with E-state index in [0.29, 0.717) is 13.2 Å². The van der Waals surface area contributed by atoms with Gasteiger partial charge in [-0.05, 0) is 24.6 Å². The second-order valence-corrected chi connectivity index (χ2v) is 5.73. The molecule has 0 saturated carbocycles. The summed E-state index contributed by atoms with van der Waals surface area (Å²) in [7, 11) is 0. The maximum atomic E-state index is 12.1. The average molecular weight is 368 g/mol. The molecule has 0 radical (unpaired) electrons. The summed E-state index contributed by atoms with van der Waals surface area (Å²) in [5, 5.41) is 0.772. The van der Waals surface area contributed by atoms with Crippen molar-refractivity contribution in [2.24, 2.45) is 0 Å². The van der Waals surface area contributed by atoms with Crippen LogP contribution in [0.5, 0.6) is 5.75 Å². The van der Waals surface area contributed by atoms with E-state index in [4.69, 9.17) is 4.74 Å². The number of hydrogen-bond donors (Lipinski definition) is 0. The molecule has 21 heavy (non-hydrogen) atoms. The first-order chi connectivity index (χ1) is 9.87. The van der Waals surface area contributed by atoms with Gasteiger partial charge in [0, 0.05) is 24.5 Å². The van der Waals surface area contributed by atoms with E-state index in [0.717, 1.165) is 17.4 Å². The summed E-state index contributed by atoms with van der Waals surface area (Å²) >= 11 is 3.41. The number of ether oxygens (including phenoxy) is 2. The summed E-state index contributed by atoms with van der Waals surface area (Å²) in [4.78, 5) is 2.26. The zero-order valence-electron chi connectivity index (χ0n) is 11.6. The van der Waals surface area contributed by atoms with E-state index in [1.807, 2.05) is 0 Å². The molecule has 0 aromatic heterocycles. The van der Waals surface area contributed by atoms with E-state index in [-0.39, 0.29) is 17.9 Å². The van der Waals surface area contributed by atoms with Crippen molar-refractivity contribution in [3.63, 3.8) is 0 Å². The Morgan fingerprint density at radius 2 is 2.00 bits per heavy atom. The molecular weight excluding hydrogens is 351 g/mol. The van der Waals surface area contributed by atoms with Crippen LogP contribution >= 0.6 is 15.9 Å². The lowest BCUT2D eigenvalue weighted by atomic mass is 10.1. The highest BCUT2D eigenvalue weighted by atomic mass is 79.9. The van der Waals surface area contributed by atoms with E-state index in [2.05, 4.69) is 32.5 Å². The Hall–Kier alpha value is -0.790. The number of hydrogen-bond acceptors (Lipinski definition) is 3. The van der Waals surface area contributed by atoms with Crippen LogP contribution < -0.4 is 4.74 Å². The highest BCUT2D eigenvalue weighted by Crippen LogP contribution is 2.24. The van der Waals surface area contributed by atoms with Crippen molar-refractivity contribution >= 4 is 15.9 Å². The Morgan fingerprint density at radius 1 is 1.33 bits per heavy atom. The molecule has 1 aromatic rings. The van der Waals surface area contributed by atoms with Crippen molar-refractivity contribution in [3.05, 3.63) is 29.8 Å². The fraction of sp³-hybridized carbons (Fsp3) is 0.571. The van der Waals surface area contributed by atoms with Crippen molar-refractivity contribution < 1.29 is 22.6 Å². The van der Waals surface area contributed by atoms with Gasteiger partial charge in [-0.2, -0.15) is 0 Å². The Bertz CT molecular complexity index is 453. The Kier molecular flexibility index (Phi) is 5.51. The molecule has 1 aliphatic rings. The number of halogens is 4. The van der Waals surface area contributed by atoms with Crippen LogP contribution in [-0.4, -0.2) is 41.9 Å². The third-order valence-electron chi connectivity index (χ3n) is 3.35. The molecule has 1 aliphatic heterocycles. The molecule has 0 aliphatic carbocycles. The van der Waals surface area contributed by atoms with E-state index in [9.17, 15) is 13.2 Å². The van der Waals surface area contributed by atoms with Gasteiger partial charge in [0.2, 0.25) is 0 Å². The molecule has 0 spiro atoms. The molecule has 2 unspecified atom stereocenters. The van der Waals surface area contributed by atoms with Gasteiger partial charge >= 0.3 is 6.36 Å². The number of benzene rings is 1. The van der Waals surface area contributed by atoms with Gasteiger partial charge in [0.05, 0.1) is 12.7 Å². The van der Waals surface area contributed by atoms with Crippen LogP contribution in [0.15, 0.2) is 24.3 Å². The predicted octanol–water partition coefficient (Wildman–Crippen LogP) is 3.57. The van der Waals surface area contributed by atoms with E-state index in [1.54, 1.807) is 12.1 Å². The smallest absolute Gasteiger partial charge is 0.406 e. The molecule has 118 valence electrons. The Balaban J connectivity index is 1.96. The number of nitrogens with zero attached hydrogens (tertiary/aromatic N) is 1. The van der Waals surface area contributed by atoms with Gasteiger partial charge in [-0.1, -0.05) is 28.1 Å². The molecule has 2 rings (SSSR count). The van der Waals surface area contributed by atoms with Crippen LogP contribution in [0.25, 0.3) is 0 Å². The molecule has 1 aromatic carbocycles. The molecular formula is C14H17BrF3NO2. The fourth-order valence-corrected chi connectivity index (χ4v) is 2.61. The van der Waals surface area contributed by atoms with Crippen molar-refractivity contribution in [1.82, 2.24) is 4.90 Å². The van der Waals surface area contributed by atoms with E-state index < -0.39 is 6.36 Å². The zero-order valence-corrected chi connectivity index (χ0v) is 13.2. The molecule has 0 bridgehead atoms. The van der Waals surface area contributed by atoms with Gasteiger partial charge in [0.1, 0.15) is 5.75 Å². The molecule has 2 atom stereocenters. The van der Waals surface area contributed by atoms with Crippen LogP contribution in [0.2, 0.25) is 0 Å². The molecule has 3 nitrogen and oxygen atoms in total. The average Bonchev–Trinajstić information content (AvgIpc) is 2.42. The maximum absolute atomic E-state index is 12.1. The second-order valence-electron chi connectivity index (χ2n) is 5.08. The standard InChI is InChI=1S/C14H17BrF3NO2/c1-10-9-20-13(6-15)8-19(10)7-11-2-4-12(5-3-11)21-14(16,17)18/h2-5,10,13H,6-9H2,1H3. The minimum absolute atomic E-state index is 0.147. The summed E-state index contributed by atoms with van der Waals surface area (Å²) < 4.78 is 45.8. The van der Waals surface area contributed by atoms with E-state index in [1.165, 1.54) is 12.1 Å². The highest BCUT2D eigenvalue weighted by Gasteiger charge is 2.31.